The van der Waals surface area contributed by atoms with Crippen LogP contribution in [0.2, 0.25) is 0 Å². The summed E-state index contributed by atoms with van der Waals surface area (Å²) in [7, 11) is 0. The molecule has 0 saturated heterocycles. The molecule has 5 heteroatoms. The Kier molecular flexibility index (Phi) is 4.35. The van der Waals surface area contributed by atoms with Crippen LogP contribution < -0.4 is 5.32 Å². The van der Waals surface area contributed by atoms with Crippen molar-refractivity contribution in [3.8, 4) is 0 Å². The summed E-state index contributed by atoms with van der Waals surface area (Å²) in [6.45, 7) is 0. The van der Waals surface area contributed by atoms with E-state index in [-0.39, 0.29) is 23.9 Å². The van der Waals surface area contributed by atoms with Gasteiger partial charge in [0.1, 0.15) is 5.82 Å². The van der Waals surface area contributed by atoms with E-state index in [2.05, 4.69) is 21.2 Å². The first-order chi connectivity index (χ1) is 8.56. The summed E-state index contributed by atoms with van der Waals surface area (Å²) in [5.74, 6) is -0.581. The molecule has 18 heavy (non-hydrogen) atoms. The predicted molar refractivity (Wildman–Crippen MR) is 69.8 cm³/mol. The molecule has 0 bridgehead atoms. The number of nitrogens with one attached hydrogen (secondary N) is 1. The highest BCUT2D eigenvalue weighted by atomic mass is 79.9. The summed E-state index contributed by atoms with van der Waals surface area (Å²) in [6.07, 6.45) is 2.76. The Balaban J connectivity index is 1.99. The summed E-state index contributed by atoms with van der Waals surface area (Å²) in [5, 5.41) is 12.3. The molecule has 0 heterocycles. The number of aliphatic hydroxyl groups excluding tert-OH is 1. The van der Waals surface area contributed by atoms with Crippen molar-refractivity contribution in [3.05, 3.63) is 34.1 Å². The maximum atomic E-state index is 12.9. The van der Waals surface area contributed by atoms with Crippen LogP contribution in [0.15, 0.2) is 22.7 Å². The van der Waals surface area contributed by atoms with Crippen LogP contribution >= 0.6 is 15.9 Å². The van der Waals surface area contributed by atoms with Crippen LogP contribution in [0.5, 0.6) is 0 Å². The van der Waals surface area contributed by atoms with E-state index in [0.29, 0.717) is 10.0 Å². The Labute approximate surface area is 114 Å². The molecule has 0 aromatic heterocycles. The van der Waals surface area contributed by atoms with Crippen LogP contribution in [0, 0.1) is 5.82 Å². The zero-order chi connectivity index (χ0) is 13.1. The maximum Gasteiger partial charge on any atom is 0.252 e. The van der Waals surface area contributed by atoms with Crippen molar-refractivity contribution in [2.75, 3.05) is 0 Å². The molecule has 1 aliphatic carbocycles. The van der Waals surface area contributed by atoms with Gasteiger partial charge in [0.15, 0.2) is 0 Å². The van der Waals surface area contributed by atoms with E-state index in [1.54, 1.807) is 0 Å². The van der Waals surface area contributed by atoms with E-state index in [1.165, 1.54) is 18.2 Å². The minimum absolute atomic E-state index is 0.0952. The van der Waals surface area contributed by atoms with Gasteiger partial charge in [0.2, 0.25) is 0 Å². The molecule has 0 radical (unpaired) electrons. The zero-order valence-corrected chi connectivity index (χ0v) is 11.4. The summed E-state index contributed by atoms with van der Waals surface area (Å²) in [6, 6.07) is 4.11. The number of benzene rings is 1. The molecule has 1 aliphatic rings. The van der Waals surface area contributed by atoms with E-state index in [0.717, 1.165) is 25.7 Å². The number of hydrogen-bond donors (Lipinski definition) is 2. The molecule has 1 aromatic rings. The SMILES string of the molecule is O=C(NC1CCC(O)CC1)c1ccc(F)cc1Br. The zero-order valence-electron chi connectivity index (χ0n) is 9.83. The lowest BCUT2D eigenvalue weighted by Gasteiger charge is -2.26. The van der Waals surface area contributed by atoms with Gasteiger partial charge in [-0.15, -0.1) is 0 Å². The first-order valence-electron chi connectivity index (χ1n) is 6.00. The highest BCUT2D eigenvalue weighted by molar-refractivity contribution is 9.10. The highest BCUT2D eigenvalue weighted by Crippen LogP contribution is 2.21. The monoisotopic (exact) mass is 315 g/mol. The van der Waals surface area contributed by atoms with E-state index < -0.39 is 0 Å². The second-order valence-corrected chi connectivity index (χ2v) is 5.46. The summed E-state index contributed by atoms with van der Waals surface area (Å²) >= 11 is 3.18. The molecular formula is C13H15BrFNO2. The quantitative estimate of drug-likeness (QED) is 0.881. The van der Waals surface area contributed by atoms with Crippen LogP contribution in [0.3, 0.4) is 0 Å². The summed E-state index contributed by atoms with van der Waals surface area (Å²) in [4.78, 5) is 12.0. The average molecular weight is 316 g/mol. The van der Waals surface area contributed by atoms with Crippen molar-refractivity contribution >= 4 is 21.8 Å². The predicted octanol–water partition coefficient (Wildman–Crippen LogP) is 2.62. The Morgan fingerprint density at radius 1 is 1.33 bits per heavy atom. The van der Waals surface area contributed by atoms with Crippen molar-refractivity contribution in [3.63, 3.8) is 0 Å². The Morgan fingerprint density at radius 2 is 2.00 bits per heavy atom. The lowest BCUT2D eigenvalue weighted by atomic mass is 9.93. The number of hydrogen-bond acceptors (Lipinski definition) is 2. The number of carbonyl (C=O) groups excluding carboxylic acids is 1. The van der Waals surface area contributed by atoms with E-state index in [1.807, 2.05) is 0 Å². The maximum absolute atomic E-state index is 12.9. The van der Waals surface area contributed by atoms with Gasteiger partial charge < -0.3 is 10.4 Å². The topological polar surface area (TPSA) is 49.3 Å². The molecule has 2 N–H and O–H groups in total. The van der Waals surface area contributed by atoms with Crippen LogP contribution in [0.4, 0.5) is 4.39 Å². The van der Waals surface area contributed by atoms with Gasteiger partial charge in [-0.1, -0.05) is 0 Å². The van der Waals surface area contributed by atoms with Crippen LogP contribution in [0.1, 0.15) is 36.0 Å². The van der Waals surface area contributed by atoms with Gasteiger partial charge in [0, 0.05) is 10.5 Å². The Morgan fingerprint density at radius 3 is 2.61 bits per heavy atom. The highest BCUT2D eigenvalue weighted by Gasteiger charge is 2.22. The molecule has 2 rings (SSSR count). The molecule has 0 unspecified atom stereocenters. The number of rotatable bonds is 2. The third-order valence-corrected chi connectivity index (χ3v) is 3.86. The number of amides is 1. The Hall–Kier alpha value is -0.940. The van der Waals surface area contributed by atoms with Gasteiger partial charge in [-0.05, 0) is 59.8 Å². The molecular weight excluding hydrogens is 301 g/mol. The molecule has 0 aliphatic heterocycles. The third kappa shape index (κ3) is 3.29. The molecule has 1 amide bonds. The molecule has 1 saturated carbocycles. The molecule has 1 fully saturated rings. The first-order valence-corrected chi connectivity index (χ1v) is 6.79. The minimum Gasteiger partial charge on any atom is -0.393 e. The first kappa shape index (κ1) is 13.5. The van der Waals surface area contributed by atoms with Crippen molar-refractivity contribution < 1.29 is 14.3 Å². The van der Waals surface area contributed by atoms with Gasteiger partial charge in [-0.2, -0.15) is 0 Å². The second-order valence-electron chi connectivity index (χ2n) is 4.60. The van der Waals surface area contributed by atoms with Crippen LogP contribution in [-0.4, -0.2) is 23.2 Å². The van der Waals surface area contributed by atoms with E-state index in [4.69, 9.17) is 0 Å². The fourth-order valence-corrected chi connectivity index (χ4v) is 2.69. The molecule has 1 aromatic carbocycles. The molecule has 0 spiro atoms. The fraction of sp³-hybridized carbons (Fsp3) is 0.462. The van der Waals surface area contributed by atoms with Crippen LogP contribution in [0.25, 0.3) is 0 Å². The van der Waals surface area contributed by atoms with E-state index >= 15 is 0 Å². The third-order valence-electron chi connectivity index (χ3n) is 3.21. The van der Waals surface area contributed by atoms with Crippen molar-refractivity contribution in [2.24, 2.45) is 0 Å². The van der Waals surface area contributed by atoms with Crippen molar-refractivity contribution in [2.45, 2.75) is 37.8 Å². The van der Waals surface area contributed by atoms with Gasteiger partial charge in [-0.25, -0.2) is 4.39 Å². The molecule has 98 valence electrons. The number of aliphatic hydroxyl groups is 1. The summed E-state index contributed by atoms with van der Waals surface area (Å²) in [5.41, 5.74) is 0.433. The van der Waals surface area contributed by atoms with Gasteiger partial charge in [0.05, 0.1) is 11.7 Å². The van der Waals surface area contributed by atoms with Gasteiger partial charge in [0.25, 0.3) is 5.91 Å². The Bertz CT molecular complexity index is 445. The lowest BCUT2D eigenvalue weighted by Crippen LogP contribution is -2.38. The largest absolute Gasteiger partial charge is 0.393 e. The van der Waals surface area contributed by atoms with Crippen LogP contribution in [-0.2, 0) is 0 Å². The van der Waals surface area contributed by atoms with Crippen molar-refractivity contribution in [1.29, 1.82) is 0 Å². The van der Waals surface area contributed by atoms with Crippen molar-refractivity contribution in [1.82, 2.24) is 5.32 Å². The summed E-state index contributed by atoms with van der Waals surface area (Å²) < 4.78 is 13.4. The lowest BCUT2D eigenvalue weighted by molar-refractivity contribution is 0.0867. The second kappa shape index (κ2) is 5.80. The molecule has 0 atom stereocenters. The van der Waals surface area contributed by atoms with Gasteiger partial charge in [-0.3, -0.25) is 4.79 Å². The standard InChI is InChI=1S/C13H15BrFNO2/c14-12-7-8(15)1-6-11(12)13(18)16-9-2-4-10(17)5-3-9/h1,6-7,9-10,17H,2-5H2,(H,16,18). The number of halogens is 2. The average Bonchev–Trinajstić information content (AvgIpc) is 2.32. The van der Waals surface area contributed by atoms with E-state index in [9.17, 15) is 14.3 Å². The molecule has 3 nitrogen and oxygen atoms in total. The minimum atomic E-state index is -0.376. The normalized spacial score (nSPS) is 23.7. The number of carbonyl (C=O) groups is 1. The smallest absolute Gasteiger partial charge is 0.252 e. The fourth-order valence-electron chi connectivity index (χ4n) is 2.16. The van der Waals surface area contributed by atoms with Gasteiger partial charge >= 0.3 is 0 Å².